The Bertz CT molecular complexity index is 522. The van der Waals surface area contributed by atoms with E-state index in [-0.39, 0.29) is 6.04 Å². The predicted molar refractivity (Wildman–Crippen MR) is 69.2 cm³/mol. The van der Waals surface area contributed by atoms with Crippen molar-refractivity contribution in [3.05, 3.63) is 34.5 Å². The second kappa shape index (κ2) is 4.94. The summed E-state index contributed by atoms with van der Waals surface area (Å²) in [5, 5.41) is 11.8. The third-order valence-electron chi connectivity index (χ3n) is 3.28. The molecule has 0 saturated carbocycles. The van der Waals surface area contributed by atoms with E-state index in [0.717, 1.165) is 29.3 Å². The van der Waals surface area contributed by atoms with Gasteiger partial charge in [-0.05, 0) is 27.7 Å². The molecule has 0 aromatic carbocycles. The summed E-state index contributed by atoms with van der Waals surface area (Å²) in [6.07, 6.45) is 2.06. The molecule has 1 N–H and O–H groups in total. The van der Waals surface area contributed by atoms with Gasteiger partial charge in [0, 0.05) is 37.0 Å². The van der Waals surface area contributed by atoms with Crippen LogP contribution in [0.15, 0.2) is 10.7 Å². The lowest BCUT2D eigenvalue weighted by molar-refractivity contribution is 0.391. The standard InChI is InChI=1S/C13H20N4O/c1-8(13-7-17(5)15-9(13)2)14-6-12-10(3)16-18-11(12)4/h7-8,14H,6H2,1-5H3. The summed E-state index contributed by atoms with van der Waals surface area (Å²) in [6.45, 7) is 8.84. The van der Waals surface area contributed by atoms with E-state index in [0.29, 0.717) is 0 Å². The molecule has 2 rings (SSSR count). The molecule has 18 heavy (non-hydrogen) atoms. The van der Waals surface area contributed by atoms with E-state index in [1.807, 2.05) is 32.5 Å². The molecule has 0 amide bonds. The average molecular weight is 248 g/mol. The molecule has 0 spiro atoms. The zero-order valence-corrected chi connectivity index (χ0v) is 11.6. The Hall–Kier alpha value is -1.62. The van der Waals surface area contributed by atoms with E-state index >= 15 is 0 Å². The van der Waals surface area contributed by atoms with Crippen LogP contribution in [0.4, 0.5) is 0 Å². The highest BCUT2D eigenvalue weighted by atomic mass is 16.5. The molecular formula is C13H20N4O. The van der Waals surface area contributed by atoms with Crippen molar-refractivity contribution in [1.82, 2.24) is 20.3 Å². The van der Waals surface area contributed by atoms with Crippen molar-refractivity contribution in [3.8, 4) is 0 Å². The molecule has 1 unspecified atom stereocenters. The largest absolute Gasteiger partial charge is 0.361 e. The van der Waals surface area contributed by atoms with Crippen LogP contribution in [0.3, 0.4) is 0 Å². The van der Waals surface area contributed by atoms with Crippen LogP contribution >= 0.6 is 0 Å². The van der Waals surface area contributed by atoms with E-state index < -0.39 is 0 Å². The maximum absolute atomic E-state index is 5.15. The molecule has 0 aliphatic heterocycles. The third kappa shape index (κ3) is 2.46. The minimum absolute atomic E-state index is 0.257. The van der Waals surface area contributed by atoms with Crippen LogP contribution in [-0.4, -0.2) is 14.9 Å². The minimum Gasteiger partial charge on any atom is -0.361 e. The molecular weight excluding hydrogens is 228 g/mol. The van der Waals surface area contributed by atoms with Gasteiger partial charge in [-0.3, -0.25) is 4.68 Å². The first-order valence-corrected chi connectivity index (χ1v) is 6.14. The van der Waals surface area contributed by atoms with Crippen molar-refractivity contribution in [2.24, 2.45) is 7.05 Å². The molecule has 2 aromatic rings. The molecule has 2 aromatic heterocycles. The van der Waals surface area contributed by atoms with E-state index in [9.17, 15) is 0 Å². The number of hydrogen-bond acceptors (Lipinski definition) is 4. The highest BCUT2D eigenvalue weighted by molar-refractivity contribution is 5.22. The zero-order chi connectivity index (χ0) is 13.3. The summed E-state index contributed by atoms with van der Waals surface area (Å²) < 4.78 is 7.00. The molecule has 0 aliphatic carbocycles. The van der Waals surface area contributed by atoms with Crippen LogP contribution in [0.1, 0.15) is 41.2 Å². The van der Waals surface area contributed by atoms with Crippen molar-refractivity contribution >= 4 is 0 Å². The minimum atomic E-state index is 0.257. The first-order chi connectivity index (χ1) is 8.49. The molecule has 0 saturated heterocycles. The summed E-state index contributed by atoms with van der Waals surface area (Å²) in [7, 11) is 1.94. The van der Waals surface area contributed by atoms with E-state index in [1.165, 1.54) is 5.56 Å². The van der Waals surface area contributed by atoms with Crippen molar-refractivity contribution in [1.29, 1.82) is 0 Å². The van der Waals surface area contributed by atoms with Gasteiger partial charge >= 0.3 is 0 Å². The van der Waals surface area contributed by atoms with Crippen LogP contribution in [-0.2, 0) is 13.6 Å². The van der Waals surface area contributed by atoms with Crippen LogP contribution in [0.5, 0.6) is 0 Å². The summed E-state index contributed by atoms with van der Waals surface area (Å²) >= 11 is 0. The van der Waals surface area contributed by atoms with Crippen molar-refractivity contribution in [2.45, 2.75) is 40.3 Å². The molecule has 5 nitrogen and oxygen atoms in total. The number of hydrogen-bond donors (Lipinski definition) is 1. The van der Waals surface area contributed by atoms with Crippen LogP contribution in [0.25, 0.3) is 0 Å². The molecule has 0 fully saturated rings. The smallest absolute Gasteiger partial charge is 0.138 e. The predicted octanol–water partition coefficient (Wildman–Crippen LogP) is 2.18. The quantitative estimate of drug-likeness (QED) is 0.901. The van der Waals surface area contributed by atoms with E-state index in [2.05, 4.69) is 28.7 Å². The molecule has 98 valence electrons. The highest BCUT2D eigenvalue weighted by Gasteiger charge is 2.14. The fourth-order valence-corrected chi connectivity index (χ4v) is 2.16. The normalized spacial score (nSPS) is 12.9. The number of aromatic nitrogens is 3. The molecule has 1 atom stereocenters. The topological polar surface area (TPSA) is 55.9 Å². The molecule has 0 bridgehead atoms. The van der Waals surface area contributed by atoms with Gasteiger partial charge in [0.1, 0.15) is 5.76 Å². The first-order valence-electron chi connectivity index (χ1n) is 6.14. The van der Waals surface area contributed by atoms with Gasteiger partial charge in [-0.1, -0.05) is 5.16 Å². The zero-order valence-electron chi connectivity index (χ0n) is 11.6. The fourth-order valence-electron chi connectivity index (χ4n) is 2.16. The SMILES string of the molecule is Cc1nn(C)cc1C(C)NCc1c(C)noc1C. The lowest BCUT2D eigenvalue weighted by atomic mass is 10.1. The van der Waals surface area contributed by atoms with Gasteiger partial charge in [-0.15, -0.1) is 0 Å². The molecule has 5 heteroatoms. The number of nitrogens with one attached hydrogen (secondary N) is 1. The number of rotatable bonds is 4. The van der Waals surface area contributed by atoms with Gasteiger partial charge in [-0.2, -0.15) is 5.10 Å². The summed E-state index contributed by atoms with van der Waals surface area (Å²) in [6, 6.07) is 0.257. The van der Waals surface area contributed by atoms with E-state index in [4.69, 9.17) is 4.52 Å². The Morgan fingerprint density at radius 1 is 1.33 bits per heavy atom. The first kappa shape index (κ1) is 12.8. The van der Waals surface area contributed by atoms with Crippen molar-refractivity contribution < 1.29 is 4.52 Å². The van der Waals surface area contributed by atoms with Crippen LogP contribution in [0, 0.1) is 20.8 Å². The number of nitrogens with zero attached hydrogens (tertiary/aromatic N) is 3. The highest BCUT2D eigenvalue weighted by Crippen LogP contribution is 2.18. The van der Waals surface area contributed by atoms with Gasteiger partial charge in [-0.25, -0.2) is 0 Å². The maximum Gasteiger partial charge on any atom is 0.138 e. The van der Waals surface area contributed by atoms with Gasteiger partial charge in [0.05, 0.1) is 11.4 Å². The van der Waals surface area contributed by atoms with Gasteiger partial charge < -0.3 is 9.84 Å². The monoisotopic (exact) mass is 248 g/mol. The van der Waals surface area contributed by atoms with E-state index in [1.54, 1.807) is 0 Å². The molecule has 0 aliphatic rings. The Kier molecular flexibility index (Phi) is 3.52. The Labute approximate surface area is 107 Å². The van der Waals surface area contributed by atoms with Crippen LogP contribution in [0.2, 0.25) is 0 Å². The lowest BCUT2D eigenvalue weighted by Crippen LogP contribution is -2.19. The molecule has 0 radical (unpaired) electrons. The second-order valence-corrected chi connectivity index (χ2v) is 4.75. The molecule has 2 heterocycles. The summed E-state index contributed by atoms with van der Waals surface area (Å²) in [5.74, 6) is 0.884. The average Bonchev–Trinajstić information content (AvgIpc) is 2.80. The Balaban J connectivity index is 2.05. The maximum atomic E-state index is 5.15. The fraction of sp³-hybridized carbons (Fsp3) is 0.538. The van der Waals surface area contributed by atoms with Gasteiger partial charge in [0.15, 0.2) is 0 Å². The second-order valence-electron chi connectivity index (χ2n) is 4.75. The summed E-state index contributed by atoms with van der Waals surface area (Å²) in [5.41, 5.74) is 4.39. The summed E-state index contributed by atoms with van der Waals surface area (Å²) in [4.78, 5) is 0. The van der Waals surface area contributed by atoms with Gasteiger partial charge in [0.25, 0.3) is 0 Å². The van der Waals surface area contributed by atoms with Crippen molar-refractivity contribution in [2.75, 3.05) is 0 Å². The van der Waals surface area contributed by atoms with Crippen molar-refractivity contribution in [3.63, 3.8) is 0 Å². The number of aryl methyl sites for hydroxylation is 4. The van der Waals surface area contributed by atoms with Crippen LogP contribution < -0.4 is 5.32 Å². The third-order valence-corrected chi connectivity index (χ3v) is 3.28. The lowest BCUT2D eigenvalue weighted by Gasteiger charge is -2.12. The Morgan fingerprint density at radius 2 is 2.06 bits per heavy atom. The Morgan fingerprint density at radius 3 is 2.56 bits per heavy atom. The van der Waals surface area contributed by atoms with Gasteiger partial charge in [0.2, 0.25) is 0 Å².